The summed E-state index contributed by atoms with van der Waals surface area (Å²) in [7, 11) is 0. The van der Waals surface area contributed by atoms with Crippen LogP contribution >= 0.6 is 0 Å². The van der Waals surface area contributed by atoms with Crippen LogP contribution in [0.5, 0.6) is 0 Å². The smallest absolute Gasteiger partial charge is 0.328 e. The predicted octanol–water partition coefficient (Wildman–Crippen LogP) is 1.70. The summed E-state index contributed by atoms with van der Waals surface area (Å²) in [5.41, 5.74) is -0.976. The molecule has 0 aromatic carbocycles. The average Bonchev–Trinajstić information content (AvgIpc) is 3.16. The van der Waals surface area contributed by atoms with Gasteiger partial charge in [0.05, 0.1) is 13.0 Å². The molecular weight excluding hydrogens is 494 g/mol. The minimum atomic E-state index is -1.60. The van der Waals surface area contributed by atoms with E-state index in [1.165, 1.54) is 5.57 Å². The Morgan fingerprint density at radius 2 is 1.76 bits per heavy atom. The Morgan fingerprint density at radius 1 is 1.05 bits per heavy atom. The molecule has 10 nitrogen and oxygen atoms in total. The molecule has 38 heavy (non-hydrogen) atoms. The number of allylic oxidation sites excluding steroid dienone is 1. The molecule has 0 heterocycles. The van der Waals surface area contributed by atoms with Crippen LogP contribution in [0.4, 0.5) is 0 Å². The molecule has 0 spiro atoms. The van der Waals surface area contributed by atoms with E-state index in [1.54, 1.807) is 0 Å². The zero-order valence-corrected chi connectivity index (χ0v) is 22.2. The molecule has 0 aliphatic heterocycles. The second-order valence-electron chi connectivity index (χ2n) is 12.0. The number of ether oxygens (including phenoxy) is 1. The molecule has 210 valence electrons. The van der Waals surface area contributed by atoms with Gasteiger partial charge in [0.15, 0.2) is 12.4 Å². The van der Waals surface area contributed by atoms with Crippen LogP contribution < -0.4 is 5.32 Å². The first-order valence-electron chi connectivity index (χ1n) is 13.6. The molecule has 0 saturated heterocycles. The second-order valence-corrected chi connectivity index (χ2v) is 12.0. The normalized spacial score (nSPS) is 36.7. The Balaban J connectivity index is 1.35. The molecule has 7 unspecified atom stereocenters. The molecule has 4 N–H and O–H groups in total. The van der Waals surface area contributed by atoms with Gasteiger partial charge in [0.1, 0.15) is 11.6 Å². The van der Waals surface area contributed by atoms with Crippen LogP contribution in [0.1, 0.15) is 78.1 Å². The van der Waals surface area contributed by atoms with Crippen LogP contribution in [0, 0.1) is 28.6 Å². The van der Waals surface area contributed by atoms with E-state index < -0.39 is 53.9 Å². The van der Waals surface area contributed by atoms with Gasteiger partial charge in [-0.15, -0.1) is 0 Å². The van der Waals surface area contributed by atoms with Crippen molar-refractivity contribution in [1.29, 1.82) is 0 Å². The van der Waals surface area contributed by atoms with Crippen molar-refractivity contribution in [3.63, 3.8) is 0 Å². The van der Waals surface area contributed by atoms with Crippen molar-refractivity contribution in [2.24, 2.45) is 28.6 Å². The standard InChI is InChI=1S/C28H39NO9/c1-26-10-7-17(31)13-16(26)3-4-18-19(26)8-11-27(2)20(18)9-12-28(27,37)22(32)15-38-24(34)6-5-23(33)29-21(14-30)25(35)36/h13,18-21,30,37H,3-12,14-15H2,1-2H3,(H,29,33)(H,35,36). The van der Waals surface area contributed by atoms with Crippen molar-refractivity contribution in [2.75, 3.05) is 13.2 Å². The highest BCUT2D eigenvalue weighted by atomic mass is 16.5. The number of hydrogen-bond acceptors (Lipinski definition) is 8. The monoisotopic (exact) mass is 533 g/mol. The van der Waals surface area contributed by atoms with E-state index >= 15 is 0 Å². The number of fused-ring (bicyclic) bond motifs is 5. The summed E-state index contributed by atoms with van der Waals surface area (Å²) < 4.78 is 5.11. The third kappa shape index (κ3) is 4.81. The summed E-state index contributed by atoms with van der Waals surface area (Å²) in [4.78, 5) is 60.2. The molecule has 7 atom stereocenters. The lowest BCUT2D eigenvalue weighted by Gasteiger charge is -2.58. The highest BCUT2D eigenvalue weighted by Crippen LogP contribution is 2.67. The second kappa shape index (κ2) is 10.5. The topological polar surface area (TPSA) is 167 Å². The number of rotatable bonds is 9. The molecule has 10 heteroatoms. The lowest BCUT2D eigenvalue weighted by molar-refractivity contribution is -0.170. The van der Waals surface area contributed by atoms with Gasteiger partial charge in [0.25, 0.3) is 0 Å². The zero-order chi connectivity index (χ0) is 27.9. The number of carbonyl (C=O) groups excluding carboxylic acids is 4. The maximum absolute atomic E-state index is 13.3. The van der Waals surface area contributed by atoms with Crippen molar-refractivity contribution < 1.29 is 44.0 Å². The van der Waals surface area contributed by atoms with E-state index in [4.69, 9.17) is 14.9 Å². The third-order valence-electron chi connectivity index (χ3n) is 10.3. The fraction of sp³-hybridized carbons (Fsp3) is 0.750. The van der Waals surface area contributed by atoms with Gasteiger partial charge in [-0.05, 0) is 74.2 Å². The number of amides is 1. The number of nitrogens with one attached hydrogen (secondary N) is 1. The van der Waals surface area contributed by atoms with Crippen LogP contribution in [0.3, 0.4) is 0 Å². The van der Waals surface area contributed by atoms with E-state index in [9.17, 15) is 29.1 Å². The summed E-state index contributed by atoms with van der Waals surface area (Å²) in [6.07, 6.45) is 6.97. The number of aliphatic hydroxyl groups excluding tert-OH is 1. The zero-order valence-electron chi connectivity index (χ0n) is 22.2. The Morgan fingerprint density at radius 3 is 2.45 bits per heavy atom. The molecule has 4 rings (SSSR count). The van der Waals surface area contributed by atoms with Crippen LogP contribution in [0.2, 0.25) is 0 Å². The van der Waals surface area contributed by atoms with E-state index in [1.807, 2.05) is 13.0 Å². The number of aliphatic hydroxyl groups is 2. The molecule has 1 amide bonds. The SMILES string of the molecule is CC12CCC(=O)C=C1CCC1C2CCC2(C)C1CCC2(O)C(=O)COC(=O)CCC(=O)NC(CO)C(=O)O. The molecule has 4 aliphatic carbocycles. The molecule has 3 fully saturated rings. The largest absolute Gasteiger partial charge is 0.480 e. The molecule has 0 radical (unpaired) electrons. The van der Waals surface area contributed by atoms with Gasteiger partial charge in [-0.1, -0.05) is 19.4 Å². The number of carboxylic acids is 1. The Hall–Kier alpha value is -2.59. The highest BCUT2D eigenvalue weighted by Gasteiger charge is 2.66. The number of carboxylic acid groups (broad SMARTS) is 1. The summed E-state index contributed by atoms with van der Waals surface area (Å²) >= 11 is 0. The fourth-order valence-electron chi connectivity index (χ4n) is 8.04. The molecule has 0 bridgehead atoms. The first-order chi connectivity index (χ1) is 17.9. The molecule has 4 aliphatic rings. The predicted molar refractivity (Wildman–Crippen MR) is 134 cm³/mol. The third-order valence-corrected chi connectivity index (χ3v) is 10.3. The van der Waals surface area contributed by atoms with Crippen molar-refractivity contribution in [2.45, 2.75) is 89.7 Å². The molecule has 3 saturated carbocycles. The van der Waals surface area contributed by atoms with Crippen LogP contribution in [-0.4, -0.2) is 69.6 Å². The number of esters is 1. The number of Topliss-reactive ketones (excluding diaryl/α,β-unsaturated/α-hetero) is 1. The molecule has 0 aromatic heterocycles. The maximum atomic E-state index is 13.3. The van der Waals surface area contributed by atoms with E-state index in [2.05, 4.69) is 12.2 Å². The first-order valence-corrected chi connectivity index (χ1v) is 13.6. The number of aliphatic carboxylic acids is 1. The van der Waals surface area contributed by atoms with E-state index in [-0.39, 0.29) is 30.0 Å². The lowest BCUT2D eigenvalue weighted by Crippen LogP contribution is -2.58. The average molecular weight is 534 g/mol. The van der Waals surface area contributed by atoms with Crippen molar-refractivity contribution in [3.8, 4) is 0 Å². The summed E-state index contributed by atoms with van der Waals surface area (Å²) in [6.45, 7) is 2.90. The van der Waals surface area contributed by atoms with Crippen molar-refractivity contribution in [1.82, 2.24) is 5.32 Å². The quantitative estimate of drug-likeness (QED) is 0.323. The Bertz CT molecular complexity index is 1050. The maximum Gasteiger partial charge on any atom is 0.328 e. The van der Waals surface area contributed by atoms with Gasteiger partial charge in [0.2, 0.25) is 11.7 Å². The van der Waals surface area contributed by atoms with Gasteiger partial charge < -0.3 is 25.4 Å². The van der Waals surface area contributed by atoms with Gasteiger partial charge in [0, 0.05) is 18.3 Å². The summed E-state index contributed by atoms with van der Waals surface area (Å²) in [5.74, 6) is -2.31. The molecular formula is C28H39NO9. The van der Waals surface area contributed by atoms with Crippen LogP contribution in [0.15, 0.2) is 11.6 Å². The number of hydrogen-bond donors (Lipinski definition) is 4. The van der Waals surface area contributed by atoms with Gasteiger partial charge >= 0.3 is 11.9 Å². The first kappa shape index (κ1) is 28.4. The number of carbonyl (C=O) groups is 5. The van der Waals surface area contributed by atoms with Crippen molar-refractivity contribution >= 4 is 29.4 Å². The minimum Gasteiger partial charge on any atom is -0.480 e. The van der Waals surface area contributed by atoms with Crippen LogP contribution in [-0.2, 0) is 28.7 Å². The molecule has 0 aromatic rings. The lowest BCUT2D eigenvalue weighted by atomic mass is 9.46. The Labute approximate surface area is 222 Å². The Kier molecular flexibility index (Phi) is 7.87. The van der Waals surface area contributed by atoms with Crippen LogP contribution in [0.25, 0.3) is 0 Å². The summed E-state index contributed by atoms with van der Waals surface area (Å²) in [5, 5.41) is 31.6. The van der Waals surface area contributed by atoms with Crippen molar-refractivity contribution in [3.05, 3.63) is 11.6 Å². The highest BCUT2D eigenvalue weighted by molar-refractivity contribution is 5.92. The number of ketones is 2. The van der Waals surface area contributed by atoms with E-state index in [0.29, 0.717) is 31.1 Å². The van der Waals surface area contributed by atoms with Gasteiger partial charge in [-0.2, -0.15) is 0 Å². The minimum absolute atomic E-state index is 0.00759. The van der Waals surface area contributed by atoms with E-state index in [0.717, 1.165) is 32.1 Å². The van der Waals surface area contributed by atoms with Gasteiger partial charge in [-0.25, -0.2) is 4.79 Å². The van der Waals surface area contributed by atoms with Gasteiger partial charge in [-0.3, -0.25) is 19.2 Å². The summed E-state index contributed by atoms with van der Waals surface area (Å²) in [6, 6.07) is -1.46. The fourth-order valence-corrected chi connectivity index (χ4v) is 8.04.